The van der Waals surface area contributed by atoms with Crippen LogP contribution in [-0.2, 0) is 0 Å². The number of rotatable bonds is 2. The first-order valence-corrected chi connectivity index (χ1v) is 8.82. The van der Waals surface area contributed by atoms with Crippen LogP contribution in [0.15, 0.2) is 18.2 Å². The van der Waals surface area contributed by atoms with Crippen LogP contribution in [-0.4, -0.2) is 11.1 Å². The minimum Gasteiger partial charge on any atom is -0.508 e. The molecule has 0 saturated heterocycles. The van der Waals surface area contributed by atoms with E-state index in [1.807, 2.05) is 19.1 Å². The Balaban J connectivity index is 1.88. The molecule has 118 valence electrons. The van der Waals surface area contributed by atoms with Gasteiger partial charge in [-0.05, 0) is 31.4 Å². The second kappa shape index (κ2) is 8.96. The summed E-state index contributed by atoms with van der Waals surface area (Å²) in [7, 11) is 0. The summed E-state index contributed by atoms with van der Waals surface area (Å²) in [6.45, 7) is 1.94. The molecular formula is C19H31NO. The smallest absolute Gasteiger partial charge is 0.120 e. The topological polar surface area (TPSA) is 32.3 Å². The van der Waals surface area contributed by atoms with Crippen molar-refractivity contribution in [2.45, 2.75) is 83.6 Å². The normalized spacial score (nSPS) is 19.5. The molecule has 0 spiro atoms. The third kappa shape index (κ3) is 5.99. The van der Waals surface area contributed by atoms with Crippen molar-refractivity contribution in [1.29, 1.82) is 0 Å². The van der Waals surface area contributed by atoms with Gasteiger partial charge in [0.25, 0.3) is 0 Å². The van der Waals surface area contributed by atoms with E-state index >= 15 is 0 Å². The Morgan fingerprint density at radius 1 is 0.857 bits per heavy atom. The van der Waals surface area contributed by atoms with Crippen molar-refractivity contribution in [3.05, 3.63) is 23.8 Å². The van der Waals surface area contributed by atoms with E-state index in [1.54, 1.807) is 0 Å². The molecule has 2 N–H and O–H groups in total. The van der Waals surface area contributed by atoms with Crippen molar-refractivity contribution in [2.24, 2.45) is 0 Å². The van der Waals surface area contributed by atoms with E-state index in [0.29, 0.717) is 11.8 Å². The predicted octanol–water partition coefficient (Wildman–Crippen LogP) is 5.79. The number of hydrogen-bond acceptors (Lipinski definition) is 2. The lowest BCUT2D eigenvalue weighted by atomic mass is 9.97. The van der Waals surface area contributed by atoms with Crippen molar-refractivity contribution in [1.82, 2.24) is 0 Å². The number of phenolic OH excluding ortho intramolecular Hbond substituents is 1. The molecule has 0 bridgehead atoms. The average molecular weight is 289 g/mol. The zero-order chi connectivity index (χ0) is 14.9. The van der Waals surface area contributed by atoms with Crippen LogP contribution in [0.25, 0.3) is 0 Å². The van der Waals surface area contributed by atoms with Crippen LogP contribution in [0.4, 0.5) is 5.69 Å². The molecule has 0 aliphatic heterocycles. The second-order valence-electron chi connectivity index (χ2n) is 6.60. The maximum absolute atomic E-state index is 9.84. The molecular weight excluding hydrogens is 258 g/mol. The molecule has 2 rings (SSSR count). The van der Waals surface area contributed by atoms with Gasteiger partial charge >= 0.3 is 0 Å². The Morgan fingerprint density at radius 2 is 1.38 bits per heavy atom. The number of phenols is 1. The summed E-state index contributed by atoms with van der Waals surface area (Å²) in [6, 6.07) is 6.51. The molecule has 2 heteroatoms. The minimum absolute atomic E-state index is 0.396. The van der Waals surface area contributed by atoms with Crippen LogP contribution in [0.2, 0.25) is 0 Å². The molecule has 1 fully saturated rings. The summed E-state index contributed by atoms with van der Waals surface area (Å²) in [5.74, 6) is 0.396. The highest BCUT2D eigenvalue weighted by Gasteiger charge is 2.10. The molecule has 0 aromatic heterocycles. The van der Waals surface area contributed by atoms with Gasteiger partial charge in [-0.2, -0.15) is 0 Å². The summed E-state index contributed by atoms with van der Waals surface area (Å²) in [5, 5.41) is 13.5. The molecule has 0 amide bonds. The van der Waals surface area contributed by atoms with E-state index in [9.17, 15) is 5.11 Å². The molecule has 1 aromatic rings. The zero-order valence-corrected chi connectivity index (χ0v) is 13.5. The highest BCUT2D eigenvalue weighted by molar-refractivity contribution is 5.51. The Bertz CT molecular complexity index is 404. The molecule has 1 aromatic carbocycles. The predicted molar refractivity (Wildman–Crippen MR) is 91.0 cm³/mol. The SMILES string of the molecule is Cc1ccc(NC2CCCCCCCCCCC2)cc1O. The van der Waals surface area contributed by atoms with E-state index in [2.05, 4.69) is 11.4 Å². The first-order chi connectivity index (χ1) is 10.3. The summed E-state index contributed by atoms with van der Waals surface area (Å²) >= 11 is 0. The van der Waals surface area contributed by atoms with Gasteiger partial charge in [-0.25, -0.2) is 0 Å². The number of aryl methyl sites for hydroxylation is 1. The van der Waals surface area contributed by atoms with Gasteiger partial charge in [-0.3, -0.25) is 0 Å². The van der Waals surface area contributed by atoms with Gasteiger partial charge in [-0.15, -0.1) is 0 Å². The molecule has 0 unspecified atom stereocenters. The summed E-state index contributed by atoms with van der Waals surface area (Å²) in [6.07, 6.45) is 15.0. The van der Waals surface area contributed by atoms with Gasteiger partial charge in [0.1, 0.15) is 5.75 Å². The van der Waals surface area contributed by atoms with E-state index in [0.717, 1.165) is 11.3 Å². The van der Waals surface area contributed by atoms with Crippen LogP contribution in [0.1, 0.15) is 76.2 Å². The Kier molecular flexibility index (Phi) is 6.91. The lowest BCUT2D eigenvalue weighted by molar-refractivity contribution is 0.469. The van der Waals surface area contributed by atoms with Crippen molar-refractivity contribution in [3.8, 4) is 5.75 Å². The van der Waals surface area contributed by atoms with Crippen molar-refractivity contribution in [3.63, 3.8) is 0 Å². The van der Waals surface area contributed by atoms with Gasteiger partial charge < -0.3 is 10.4 Å². The Hall–Kier alpha value is -1.18. The number of aromatic hydroxyl groups is 1. The van der Waals surface area contributed by atoms with Gasteiger partial charge in [0.05, 0.1) is 0 Å². The van der Waals surface area contributed by atoms with Crippen molar-refractivity contribution >= 4 is 5.69 Å². The maximum atomic E-state index is 9.84. The average Bonchev–Trinajstić information content (AvgIpc) is 2.46. The van der Waals surface area contributed by atoms with Crippen LogP contribution in [0.5, 0.6) is 5.75 Å². The minimum atomic E-state index is 0.396. The fourth-order valence-corrected chi connectivity index (χ4v) is 3.24. The van der Waals surface area contributed by atoms with Crippen molar-refractivity contribution in [2.75, 3.05) is 5.32 Å². The van der Waals surface area contributed by atoms with Gasteiger partial charge in [0, 0.05) is 17.8 Å². The molecule has 21 heavy (non-hydrogen) atoms. The molecule has 1 saturated carbocycles. The van der Waals surface area contributed by atoms with Gasteiger partial charge in [0.15, 0.2) is 0 Å². The first kappa shape index (κ1) is 16.2. The standard InChI is InChI=1S/C19H31NO/c1-16-13-14-18(15-19(16)21)20-17-11-9-7-5-3-2-4-6-8-10-12-17/h13-15,17,20-21H,2-12H2,1H3. The first-order valence-electron chi connectivity index (χ1n) is 8.82. The molecule has 1 aliphatic carbocycles. The fraction of sp³-hybridized carbons (Fsp3) is 0.684. The number of nitrogens with one attached hydrogen (secondary N) is 1. The van der Waals surface area contributed by atoms with Crippen LogP contribution < -0.4 is 5.32 Å². The lowest BCUT2D eigenvalue weighted by Crippen LogP contribution is -2.19. The second-order valence-corrected chi connectivity index (χ2v) is 6.60. The molecule has 1 aliphatic rings. The Morgan fingerprint density at radius 3 is 1.90 bits per heavy atom. The van der Waals surface area contributed by atoms with Gasteiger partial charge in [0.2, 0.25) is 0 Å². The van der Waals surface area contributed by atoms with E-state index < -0.39 is 0 Å². The van der Waals surface area contributed by atoms with Crippen LogP contribution in [0.3, 0.4) is 0 Å². The van der Waals surface area contributed by atoms with E-state index in [4.69, 9.17) is 0 Å². The summed E-state index contributed by atoms with van der Waals surface area (Å²) < 4.78 is 0. The molecule has 0 atom stereocenters. The quantitative estimate of drug-likeness (QED) is 0.722. The summed E-state index contributed by atoms with van der Waals surface area (Å²) in [4.78, 5) is 0. The maximum Gasteiger partial charge on any atom is 0.120 e. The fourth-order valence-electron chi connectivity index (χ4n) is 3.24. The highest BCUT2D eigenvalue weighted by atomic mass is 16.3. The molecule has 2 nitrogen and oxygen atoms in total. The number of hydrogen-bond donors (Lipinski definition) is 2. The third-order valence-corrected chi connectivity index (χ3v) is 4.69. The van der Waals surface area contributed by atoms with Gasteiger partial charge in [-0.1, -0.05) is 63.9 Å². The monoisotopic (exact) mass is 289 g/mol. The largest absolute Gasteiger partial charge is 0.508 e. The van der Waals surface area contributed by atoms with Crippen LogP contribution in [0, 0.1) is 6.92 Å². The third-order valence-electron chi connectivity index (χ3n) is 4.69. The number of anilines is 1. The van der Waals surface area contributed by atoms with Crippen LogP contribution >= 0.6 is 0 Å². The van der Waals surface area contributed by atoms with Crippen molar-refractivity contribution < 1.29 is 5.11 Å². The summed E-state index contributed by atoms with van der Waals surface area (Å²) in [5.41, 5.74) is 2.01. The highest BCUT2D eigenvalue weighted by Crippen LogP contribution is 2.24. The lowest BCUT2D eigenvalue weighted by Gasteiger charge is -2.21. The molecule has 0 radical (unpaired) electrons. The molecule has 0 heterocycles. The Labute approximate surface area is 130 Å². The number of benzene rings is 1. The van der Waals surface area contributed by atoms with E-state index in [-0.39, 0.29) is 0 Å². The van der Waals surface area contributed by atoms with E-state index in [1.165, 1.54) is 70.6 Å². The zero-order valence-electron chi connectivity index (χ0n) is 13.5.